The normalized spacial score (nSPS) is 14.1. The number of hydrogen-bond acceptors (Lipinski definition) is 9. The van der Waals surface area contributed by atoms with Gasteiger partial charge in [0.2, 0.25) is 0 Å². The van der Waals surface area contributed by atoms with Crippen molar-refractivity contribution in [2.24, 2.45) is 0 Å². The van der Waals surface area contributed by atoms with Crippen LogP contribution in [0.25, 0.3) is 22.0 Å². The van der Waals surface area contributed by atoms with Gasteiger partial charge in [0.05, 0.1) is 36.7 Å². The number of fused-ring (bicyclic) bond motifs is 2. The van der Waals surface area contributed by atoms with Gasteiger partial charge in [0.1, 0.15) is 11.4 Å². The van der Waals surface area contributed by atoms with E-state index >= 15 is 0 Å². The largest absolute Gasteiger partial charge is 0.451 e. The molecule has 1 saturated heterocycles. The van der Waals surface area contributed by atoms with Gasteiger partial charge in [-0.15, -0.1) is 0 Å². The van der Waals surface area contributed by atoms with E-state index in [1.807, 2.05) is 0 Å². The zero-order valence-electron chi connectivity index (χ0n) is 18.7. The number of para-hydroxylation sites is 1. The van der Waals surface area contributed by atoms with E-state index in [9.17, 15) is 9.59 Å². The number of thioether (sulfide) groups is 1. The van der Waals surface area contributed by atoms with Gasteiger partial charge in [0, 0.05) is 25.7 Å². The first kappa shape index (κ1) is 22.4. The maximum absolute atomic E-state index is 12.6. The van der Waals surface area contributed by atoms with Crippen LogP contribution in [0.5, 0.6) is 0 Å². The van der Waals surface area contributed by atoms with Crippen LogP contribution in [0.1, 0.15) is 17.5 Å². The van der Waals surface area contributed by atoms with Crippen LogP contribution in [0.2, 0.25) is 0 Å². The number of carbonyl (C=O) groups is 1. The van der Waals surface area contributed by atoms with Crippen LogP contribution >= 0.6 is 11.8 Å². The number of hydrogen-bond donors (Lipinski definition) is 1. The van der Waals surface area contributed by atoms with E-state index in [-0.39, 0.29) is 11.2 Å². The summed E-state index contributed by atoms with van der Waals surface area (Å²) in [4.78, 5) is 36.6. The van der Waals surface area contributed by atoms with Crippen molar-refractivity contribution in [2.45, 2.75) is 18.6 Å². The van der Waals surface area contributed by atoms with Crippen molar-refractivity contribution in [1.29, 1.82) is 0 Å². The third-order valence-electron chi connectivity index (χ3n) is 5.51. The quantitative estimate of drug-likeness (QED) is 0.314. The van der Waals surface area contributed by atoms with Crippen LogP contribution in [0.15, 0.2) is 50.9 Å². The molecule has 1 fully saturated rings. The molecule has 0 atom stereocenters. The molecule has 1 aromatic carbocycles. The average molecular weight is 481 g/mol. The molecule has 10 nitrogen and oxygen atoms in total. The Morgan fingerprint density at radius 3 is 2.82 bits per heavy atom. The zero-order chi connectivity index (χ0) is 23.5. The molecule has 0 saturated carbocycles. The molecule has 0 bridgehead atoms. The van der Waals surface area contributed by atoms with Gasteiger partial charge in [-0.05, 0) is 17.9 Å². The summed E-state index contributed by atoms with van der Waals surface area (Å²) in [6, 6.07) is 8.07. The summed E-state index contributed by atoms with van der Waals surface area (Å²) in [5, 5.41) is 9.31. The van der Waals surface area contributed by atoms with Gasteiger partial charge in [-0.2, -0.15) is 5.10 Å². The van der Waals surface area contributed by atoms with Crippen LogP contribution in [-0.2, 0) is 11.3 Å². The fourth-order valence-electron chi connectivity index (χ4n) is 3.87. The second-order valence-corrected chi connectivity index (χ2v) is 8.93. The van der Waals surface area contributed by atoms with E-state index < -0.39 is 5.91 Å². The van der Waals surface area contributed by atoms with Crippen LogP contribution in [0.4, 0.5) is 5.82 Å². The second kappa shape index (κ2) is 9.82. The van der Waals surface area contributed by atoms with Crippen molar-refractivity contribution >= 4 is 45.5 Å². The van der Waals surface area contributed by atoms with Crippen LogP contribution in [0.3, 0.4) is 0 Å². The highest BCUT2D eigenvalue weighted by molar-refractivity contribution is 7.99. The summed E-state index contributed by atoms with van der Waals surface area (Å²) in [6.45, 7) is 5.60. The molecule has 1 aliphatic heterocycles. The molecule has 5 rings (SSSR count). The van der Waals surface area contributed by atoms with Crippen LogP contribution < -0.4 is 15.6 Å². The predicted octanol–water partition coefficient (Wildman–Crippen LogP) is 2.31. The number of nitrogens with one attached hydrogen (secondary N) is 1. The van der Waals surface area contributed by atoms with Gasteiger partial charge in [-0.1, -0.05) is 30.8 Å². The molecule has 11 heteroatoms. The molecule has 0 radical (unpaired) electrons. The van der Waals surface area contributed by atoms with Crippen molar-refractivity contribution in [1.82, 2.24) is 25.1 Å². The summed E-state index contributed by atoms with van der Waals surface area (Å²) in [5.74, 6) is 1.24. The number of morpholine rings is 1. The minimum absolute atomic E-state index is 0.0208. The number of ether oxygens (including phenoxy) is 1. The molecule has 1 amide bonds. The Hall–Kier alpha value is -3.44. The SMILES string of the molecule is CCSc1nc(N2CCOCC2)c2cnn(CCNC(=O)c3cc(=O)c4ccccc4o3)c2n1. The fraction of sp³-hybridized carbons (Fsp3) is 0.348. The summed E-state index contributed by atoms with van der Waals surface area (Å²) in [6.07, 6.45) is 1.77. The summed E-state index contributed by atoms with van der Waals surface area (Å²) >= 11 is 1.58. The Morgan fingerprint density at radius 2 is 2.00 bits per heavy atom. The Kier molecular flexibility index (Phi) is 6.45. The third kappa shape index (κ3) is 4.48. The highest BCUT2D eigenvalue weighted by atomic mass is 32.2. The summed E-state index contributed by atoms with van der Waals surface area (Å²) in [5.41, 5.74) is 0.851. The number of benzene rings is 1. The number of amides is 1. The number of aromatic nitrogens is 4. The Balaban J connectivity index is 1.34. The van der Waals surface area contributed by atoms with Crippen molar-refractivity contribution in [2.75, 3.05) is 43.5 Å². The molecular formula is C23H24N6O4S. The third-order valence-corrected chi connectivity index (χ3v) is 6.24. The standard InChI is InChI=1S/C23H24N6O4S/c1-2-34-23-26-20(28-9-11-32-12-10-28)16-14-25-29(21(16)27-23)8-7-24-22(31)19-13-17(30)15-5-3-4-6-18(15)33-19/h3-6,13-14H,2,7-12H2,1H3,(H,24,31). The monoisotopic (exact) mass is 480 g/mol. The molecule has 0 aliphatic carbocycles. The first-order valence-electron chi connectivity index (χ1n) is 11.1. The smallest absolute Gasteiger partial charge is 0.287 e. The molecule has 3 aromatic heterocycles. The lowest BCUT2D eigenvalue weighted by Crippen LogP contribution is -2.37. The minimum Gasteiger partial charge on any atom is -0.451 e. The van der Waals surface area contributed by atoms with E-state index in [2.05, 4.69) is 22.2 Å². The molecule has 1 aliphatic rings. The van der Waals surface area contributed by atoms with Crippen molar-refractivity contribution in [3.63, 3.8) is 0 Å². The summed E-state index contributed by atoms with van der Waals surface area (Å²) in [7, 11) is 0. The van der Waals surface area contributed by atoms with E-state index in [1.54, 1.807) is 46.9 Å². The molecule has 1 N–H and O–H groups in total. The Bertz CT molecular complexity index is 1400. The molecular weight excluding hydrogens is 456 g/mol. The van der Waals surface area contributed by atoms with Gasteiger partial charge in [0.25, 0.3) is 5.91 Å². The van der Waals surface area contributed by atoms with E-state index in [4.69, 9.17) is 19.1 Å². The highest BCUT2D eigenvalue weighted by Gasteiger charge is 2.20. The zero-order valence-corrected chi connectivity index (χ0v) is 19.5. The minimum atomic E-state index is -0.454. The molecule has 0 spiro atoms. The molecule has 4 heterocycles. The topological polar surface area (TPSA) is 115 Å². The number of rotatable bonds is 7. The number of nitrogens with zero attached hydrogens (tertiary/aromatic N) is 5. The van der Waals surface area contributed by atoms with E-state index in [0.29, 0.717) is 42.4 Å². The van der Waals surface area contributed by atoms with E-state index in [1.165, 1.54) is 6.07 Å². The lowest BCUT2D eigenvalue weighted by molar-refractivity contribution is 0.0925. The van der Waals surface area contributed by atoms with E-state index in [0.717, 1.165) is 35.7 Å². The molecule has 0 unspecified atom stereocenters. The van der Waals surface area contributed by atoms with Gasteiger partial charge in [-0.3, -0.25) is 9.59 Å². The van der Waals surface area contributed by atoms with Crippen molar-refractivity contribution in [3.8, 4) is 0 Å². The van der Waals surface area contributed by atoms with Gasteiger partial charge in [-0.25, -0.2) is 14.6 Å². The van der Waals surface area contributed by atoms with Crippen LogP contribution in [0, 0.1) is 0 Å². The first-order chi connectivity index (χ1) is 16.6. The number of carbonyl (C=O) groups excluding carboxylic acids is 1. The summed E-state index contributed by atoms with van der Waals surface area (Å²) < 4.78 is 12.9. The predicted molar refractivity (Wildman–Crippen MR) is 130 cm³/mol. The lowest BCUT2D eigenvalue weighted by Gasteiger charge is -2.28. The lowest BCUT2D eigenvalue weighted by atomic mass is 10.2. The average Bonchev–Trinajstić information content (AvgIpc) is 3.27. The highest BCUT2D eigenvalue weighted by Crippen LogP contribution is 2.27. The van der Waals surface area contributed by atoms with Gasteiger partial charge < -0.3 is 19.4 Å². The second-order valence-electron chi connectivity index (χ2n) is 7.69. The maximum atomic E-state index is 12.6. The first-order valence-corrected chi connectivity index (χ1v) is 12.1. The number of anilines is 1. The fourth-order valence-corrected chi connectivity index (χ4v) is 4.43. The maximum Gasteiger partial charge on any atom is 0.287 e. The molecule has 176 valence electrons. The van der Waals surface area contributed by atoms with Crippen molar-refractivity contribution in [3.05, 3.63) is 52.5 Å². The van der Waals surface area contributed by atoms with Gasteiger partial charge in [0.15, 0.2) is 22.0 Å². The molecule has 4 aromatic rings. The van der Waals surface area contributed by atoms with Crippen LogP contribution in [-0.4, -0.2) is 64.3 Å². The van der Waals surface area contributed by atoms with Crippen molar-refractivity contribution < 1.29 is 13.9 Å². The Morgan fingerprint density at radius 1 is 1.18 bits per heavy atom. The van der Waals surface area contributed by atoms with Gasteiger partial charge >= 0.3 is 0 Å². The Labute approximate surface area is 199 Å². The molecule has 34 heavy (non-hydrogen) atoms.